The molecule has 0 aromatic carbocycles. The van der Waals surface area contributed by atoms with Crippen LogP contribution in [0.5, 0.6) is 0 Å². The maximum absolute atomic E-state index is 12.9. The lowest BCUT2D eigenvalue weighted by Gasteiger charge is -2.27. The summed E-state index contributed by atoms with van der Waals surface area (Å²) in [6.07, 6.45) is 8.66. The molecule has 3 heterocycles. The van der Waals surface area contributed by atoms with E-state index >= 15 is 0 Å². The number of amides is 2. The van der Waals surface area contributed by atoms with Gasteiger partial charge in [-0.2, -0.15) is 5.10 Å². The summed E-state index contributed by atoms with van der Waals surface area (Å²) in [6, 6.07) is 2.13. The van der Waals surface area contributed by atoms with E-state index in [-0.39, 0.29) is 23.8 Å². The van der Waals surface area contributed by atoms with Crippen molar-refractivity contribution in [3.8, 4) is 0 Å². The van der Waals surface area contributed by atoms with Gasteiger partial charge in [0.15, 0.2) is 0 Å². The molecule has 124 valence electrons. The van der Waals surface area contributed by atoms with Crippen LogP contribution in [0.2, 0.25) is 0 Å². The van der Waals surface area contributed by atoms with E-state index in [9.17, 15) is 9.59 Å². The zero-order valence-corrected chi connectivity index (χ0v) is 13.4. The molecule has 0 unspecified atom stereocenters. The van der Waals surface area contributed by atoms with Crippen molar-refractivity contribution in [3.05, 3.63) is 18.5 Å². The first-order chi connectivity index (χ1) is 11.2. The Morgan fingerprint density at radius 3 is 2.87 bits per heavy atom. The molecule has 4 rings (SSSR count). The van der Waals surface area contributed by atoms with Crippen LogP contribution in [-0.4, -0.2) is 57.1 Å². The molecule has 0 bridgehead atoms. The van der Waals surface area contributed by atoms with Crippen LogP contribution in [0.1, 0.15) is 32.1 Å². The van der Waals surface area contributed by atoms with Crippen molar-refractivity contribution in [1.29, 1.82) is 0 Å². The first-order valence-corrected chi connectivity index (χ1v) is 8.76. The van der Waals surface area contributed by atoms with Gasteiger partial charge in [0.05, 0.1) is 18.5 Å². The minimum absolute atomic E-state index is 0.139. The predicted molar refractivity (Wildman–Crippen MR) is 84.4 cm³/mol. The third kappa shape index (κ3) is 3.12. The molecule has 2 atom stereocenters. The average Bonchev–Trinajstić information content (AvgIpc) is 2.94. The minimum atomic E-state index is -0.139. The predicted octanol–water partition coefficient (Wildman–Crippen LogP) is 1.13. The van der Waals surface area contributed by atoms with Crippen molar-refractivity contribution < 1.29 is 9.59 Å². The van der Waals surface area contributed by atoms with Crippen molar-refractivity contribution in [2.75, 3.05) is 19.6 Å². The molecule has 1 aromatic rings. The number of carbonyl (C=O) groups excluding carboxylic acids is 2. The number of rotatable bonds is 5. The van der Waals surface area contributed by atoms with Crippen molar-refractivity contribution in [1.82, 2.24) is 19.6 Å². The van der Waals surface area contributed by atoms with Crippen LogP contribution in [0.25, 0.3) is 0 Å². The Labute approximate surface area is 136 Å². The van der Waals surface area contributed by atoms with E-state index in [0.29, 0.717) is 18.9 Å². The lowest BCUT2D eigenvalue weighted by atomic mass is 10.1. The van der Waals surface area contributed by atoms with Gasteiger partial charge in [-0.05, 0) is 37.7 Å². The van der Waals surface area contributed by atoms with E-state index < -0.39 is 0 Å². The molecule has 6 heteroatoms. The van der Waals surface area contributed by atoms with Gasteiger partial charge in [-0.1, -0.05) is 0 Å². The normalized spacial score (nSPS) is 27.9. The van der Waals surface area contributed by atoms with Crippen LogP contribution in [0.3, 0.4) is 0 Å². The lowest BCUT2D eigenvalue weighted by Crippen LogP contribution is -2.42. The van der Waals surface area contributed by atoms with Gasteiger partial charge in [0, 0.05) is 38.4 Å². The van der Waals surface area contributed by atoms with Crippen LogP contribution in [0.15, 0.2) is 18.5 Å². The fourth-order valence-corrected chi connectivity index (χ4v) is 3.90. The van der Waals surface area contributed by atoms with Gasteiger partial charge in [0.25, 0.3) is 0 Å². The van der Waals surface area contributed by atoms with Crippen molar-refractivity contribution in [3.63, 3.8) is 0 Å². The second kappa shape index (κ2) is 5.98. The molecule has 0 radical (unpaired) electrons. The number of likely N-dealkylation sites (tertiary alicyclic amines) is 2. The third-order valence-corrected chi connectivity index (χ3v) is 5.36. The summed E-state index contributed by atoms with van der Waals surface area (Å²) in [5, 5.41) is 4.25. The second-order valence-corrected chi connectivity index (χ2v) is 7.20. The lowest BCUT2D eigenvalue weighted by molar-refractivity contribution is -0.136. The van der Waals surface area contributed by atoms with E-state index in [4.69, 9.17) is 0 Å². The van der Waals surface area contributed by atoms with Gasteiger partial charge in [-0.25, -0.2) is 0 Å². The molecular weight excluding hydrogens is 292 g/mol. The number of carbonyl (C=O) groups is 2. The molecular formula is C17H24N4O2. The summed E-state index contributed by atoms with van der Waals surface area (Å²) in [5.74, 6) is 0.885. The number of hydrogen-bond donors (Lipinski definition) is 0. The van der Waals surface area contributed by atoms with E-state index in [1.807, 2.05) is 26.7 Å². The maximum atomic E-state index is 12.9. The Bertz CT molecular complexity index is 581. The van der Waals surface area contributed by atoms with Crippen LogP contribution in [0.4, 0.5) is 0 Å². The average molecular weight is 316 g/mol. The van der Waals surface area contributed by atoms with Gasteiger partial charge in [-0.15, -0.1) is 0 Å². The number of aromatic nitrogens is 2. The van der Waals surface area contributed by atoms with Crippen molar-refractivity contribution in [2.45, 2.75) is 44.7 Å². The summed E-state index contributed by atoms with van der Waals surface area (Å²) in [4.78, 5) is 29.0. The van der Waals surface area contributed by atoms with E-state index in [1.54, 1.807) is 6.20 Å². The SMILES string of the molecule is O=C1C[C@H](C(=O)N2CCC[C@@H]2Cn2cccn2)CN1CC1CC1. The van der Waals surface area contributed by atoms with E-state index in [2.05, 4.69) is 5.10 Å². The molecule has 0 spiro atoms. The van der Waals surface area contributed by atoms with Crippen LogP contribution < -0.4 is 0 Å². The van der Waals surface area contributed by atoms with Crippen LogP contribution in [0, 0.1) is 11.8 Å². The van der Waals surface area contributed by atoms with Crippen LogP contribution in [-0.2, 0) is 16.1 Å². The molecule has 3 aliphatic rings. The molecule has 6 nitrogen and oxygen atoms in total. The molecule has 1 aliphatic carbocycles. The Morgan fingerprint density at radius 2 is 2.13 bits per heavy atom. The van der Waals surface area contributed by atoms with Gasteiger partial charge in [-0.3, -0.25) is 14.3 Å². The van der Waals surface area contributed by atoms with Crippen LogP contribution >= 0.6 is 0 Å². The first-order valence-electron chi connectivity index (χ1n) is 8.76. The quantitative estimate of drug-likeness (QED) is 0.818. The first kappa shape index (κ1) is 14.7. The molecule has 1 saturated carbocycles. The van der Waals surface area contributed by atoms with Gasteiger partial charge < -0.3 is 9.80 Å². The van der Waals surface area contributed by atoms with Gasteiger partial charge in [0.2, 0.25) is 11.8 Å². The van der Waals surface area contributed by atoms with Crippen molar-refractivity contribution in [2.24, 2.45) is 11.8 Å². The Morgan fingerprint density at radius 1 is 1.26 bits per heavy atom. The summed E-state index contributed by atoms with van der Waals surface area (Å²) >= 11 is 0. The molecule has 0 N–H and O–H groups in total. The smallest absolute Gasteiger partial charge is 0.228 e. The molecule has 2 amide bonds. The van der Waals surface area contributed by atoms with Gasteiger partial charge >= 0.3 is 0 Å². The highest BCUT2D eigenvalue weighted by Crippen LogP contribution is 2.33. The summed E-state index contributed by atoms with van der Waals surface area (Å²) < 4.78 is 1.90. The minimum Gasteiger partial charge on any atom is -0.342 e. The zero-order valence-electron chi connectivity index (χ0n) is 13.4. The highest BCUT2D eigenvalue weighted by molar-refractivity contribution is 5.89. The fraction of sp³-hybridized carbons (Fsp3) is 0.706. The summed E-state index contributed by atoms with van der Waals surface area (Å²) in [7, 11) is 0. The third-order valence-electron chi connectivity index (χ3n) is 5.36. The molecule has 23 heavy (non-hydrogen) atoms. The number of nitrogens with zero attached hydrogens (tertiary/aromatic N) is 4. The highest BCUT2D eigenvalue weighted by Gasteiger charge is 2.41. The Kier molecular flexibility index (Phi) is 3.83. The molecule has 1 aromatic heterocycles. The van der Waals surface area contributed by atoms with E-state index in [1.165, 1.54) is 12.8 Å². The standard InChI is InChI=1S/C17H24N4O2/c22-16-9-14(11-19(16)10-13-4-5-13)17(23)21-8-1-3-15(21)12-20-7-2-6-18-20/h2,6-7,13-15H,1,3-5,8-12H2/t14-,15+/m0/s1. The zero-order chi connectivity index (χ0) is 15.8. The Hall–Kier alpha value is -1.85. The fourth-order valence-electron chi connectivity index (χ4n) is 3.90. The summed E-state index contributed by atoms with van der Waals surface area (Å²) in [5.41, 5.74) is 0. The summed E-state index contributed by atoms with van der Waals surface area (Å²) in [6.45, 7) is 3.06. The molecule has 3 fully saturated rings. The monoisotopic (exact) mass is 316 g/mol. The van der Waals surface area contributed by atoms with Gasteiger partial charge in [0.1, 0.15) is 0 Å². The second-order valence-electron chi connectivity index (χ2n) is 7.20. The largest absolute Gasteiger partial charge is 0.342 e. The number of hydrogen-bond acceptors (Lipinski definition) is 3. The van der Waals surface area contributed by atoms with E-state index in [0.717, 1.165) is 32.5 Å². The highest BCUT2D eigenvalue weighted by atomic mass is 16.2. The topological polar surface area (TPSA) is 58.4 Å². The molecule has 2 aliphatic heterocycles. The Balaban J connectivity index is 1.38. The van der Waals surface area contributed by atoms with Crippen molar-refractivity contribution >= 4 is 11.8 Å². The molecule has 2 saturated heterocycles. The maximum Gasteiger partial charge on any atom is 0.228 e.